The summed E-state index contributed by atoms with van der Waals surface area (Å²) in [6.45, 7) is 0. The van der Waals surface area contributed by atoms with Crippen molar-refractivity contribution >= 4 is 23.0 Å². The molecule has 0 amide bonds. The van der Waals surface area contributed by atoms with Crippen LogP contribution in [0.4, 0.5) is 0 Å². The first-order chi connectivity index (χ1) is 11.9. The molecule has 0 saturated carbocycles. The van der Waals surface area contributed by atoms with Crippen LogP contribution in [0.3, 0.4) is 0 Å². The van der Waals surface area contributed by atoms with E-state index in [1.165, 1.54) is 24.3 Å². The Morgan fingerprint density at radius 3 is 2.32 bits per heavy atom. The van der Waals surface area contributed by atoms with E-state index in [2.05, 4.69) is 0 Å². The van der Waals surface area contributed by atoms with Gasteiger partial charge in [0.1, 0.15) is 28.4 Å². The highest BCUT2D eigenvalue weighted by molar-refractivity contribution is 5.96. The van der Waals surface area contributed by atoms with Crippen molar-refractivity contribution < 1.29 is 29.6 Å². The minimum absolute atomic E-state index is 0.0345. The third-order valence-corrected chi connectivity index (χ3v) is 3.54. The van der Waals surface area contributed by atoms with E-state index < -0.39 is 22.9 Å². The summed E-state index contributed by atoms with van der Waals surface area (Å²) in [5.41, 5.74) is -0.280. The fraction of sp³-hybridized carbons (Fsp3) is 0. The first-order valence-electron chi connectivity index (χ1n) is 7.10. The Labute approximate surface area is 140 Å². The predicted molar refractivity (Wildman–Crippen MR) is 89.6 cm³/mol. The second-order valence-electron chi connectivity index (χ2n) is 5.23. The van der Waals surface area contributed by atoms with Crippen molar-refractivity contribution in [1.82, 2.24) is 0 Å². The predicted octanol–water partition coefficient (Wildman–Crippen LogP) is 2.67. The molecule has 0 radical (unpaired) electrons. The molecule has 7 nitrogen and oxygen atoms in total. The fourth-order valence-electron chi connectivity index (χ4n) is 2.41. The third kappa shape index (κ3) is 3.02. The maximum absolute atomic E-state index is 12.4. The minimum atomic E-state index is -1.25. The van der Waals surface area contributed by atoms with Gasteiger partial charge in [-0.3, -0.25) is 4.79 Å². The van der Waals surface area contributed by atoms with Crippen LogP contribution in [0.2, 0.25) is 0 Å². The zero-order valence-corrected chi connectivity index (χ0v) is 12.6. The summed E-state index contributed by atoms with van der Waals surface area (Å²) in [6, 6.07) is 7.97. The Bertz CT molecular complexity index is 1060. The van der Waals surface area contributed by atoms with Crippen molar-refractivity contribution in [3.8, 4) is 28.6 Å². The second-order valence-corrected chi connectivity index (χ2v) is 5.23. The van der Waals surface area contributed by atoms with Crippen LogP contribution in [0.5, 0.6) is 17.2 Å². The van der Waals surface area contributed by atoms with Crippen LogP contribution in [0.15, 0.2) is 51.7 Å². The molecule has 3 rings (SSSR count). The molecule has 1 aromatic heterocycles. The number of phenolic OH excluding ortho intramolecular Hbond substituents is 3. The monoisotopic (exact) mass is 340 g/mol. The van der Waals surface area contributed by atoms with E-state index in [0.29, 0.717) is 5.56 Å². The third-order valence-electron chi connectivity index (χ3n) is 3.54. The lowest BCUT2D eigenvalue weighted by Gasteiger charge is -2.09. The van der Waals surface area contributed by atoms with Gasteiger partial charge in [0.2, 0.25) is 0 Å². The molecule has 0 spiro atoms. The van der Waals surface area contributed by atoms with Crippen molar-refractivity contribution in [3.63, 3.8) is 0 Å². The van der Waals surface area contributed by atoms with Gasteiger partial charge in [-0.1, -0.05) is 0 Å². The van der Waals surface area contributed by atoms with Crippen LogP contribution in [0.25, 0.3) is 28.4 Å². The Kier molecular flexibility index (Phi) is 3.90. The first kappa shape index (κ1) is 16.1. The van der Waals surface area contributed by atoms with Gasteiger partial charge < -0.3 is 24.8 Å². The fourth-order valence-corrected chi connectivity index (χ4v) is 2.41. The summed E-state index contributed by atoms with van der Waals surface area (Å²) in [5.74, 6) is -2.00. The quantitative estimate of drug-likeness (QED) is 0.540. The van der Waals surface area contributed by atoms with E-state index in [0.717, 1.165) is 24.3 Å². The van der Waals surface area contributed by atoms with Crippen LogP contribution in [0, 0.1) is 0 Å². The van der Waals surface area contributed by atoms with Crippen LogP contribution in [-0.4, -0.2) is 26.4 Å². The van der Waals surface area contributed by atoms with Gasteiger partial charge in [-0.2, -0.15) is 0 Å². The number of aliphatic carboxylic acids is 1. The summed E-state index contributed by atoms with van der Waals surface area (Å²) >= 11 is 0. The summed E-state index contributed by atoms with van der Waals surface area (Å²) in [7, 11) is 0. The largest absolute Gasteiger partial charge is 0.508 e. The molecule has 0 aliphatic heterocycles. The molecule has 4 N–H and O–H groups in total. The average Bonchev–Trinajstić information content (AvgIpc) is 2.54. The molecular weight excluding hydrogens is 328 g/mol. The standard InChI is InChI=1S/C18H12O7/c19-10-3-1-9(2-4-10)15-8-14(22)17-13(21)7-12(20)11(18(17)25-15)5-6-16(23)24/h1-8,19-21H,(H,23,24)/b6-5+. The highest BCUT2D eigenvalue weighted by Gasteiger charge is 2.17. The van der Waals surface area contributed by atoms with E-state index in [1.54, 1.807) is 0 Å². The van der Waals surface area contributed by atoms with E-state index >= 15 is 0 Å². The van der Waals surface area contributed by atoms with Gasteiger partial charge in [0, 0.05) is 23.8 Å². The van der Waals surface area contributed by atoms with Gasteiger partial charge in [0.15, 0.2) is 11.0 Å². The number of phenols is 3. The number of hydrogen-bond acceptors (Lipinski definition) is 6. The highest BCUT2D eigenvalue weighted by Crippen LogP contribution is 2.35. The number of benzene rings is 2. The molecule has 2 aromatic carbocycles. The lowest BCUT2D eigenvalue weighted by Crippen LogP contribution is -2.02. The summed E-state index contributed by atoms with van der Waals surface area (Å²) in [4.78, 5) is 23.1. The molecule has 126 valence electrons. The van der Waals surface area contributed by atoms with Crippen molar-refractivity contribution in [2.45, 2.75) is 0 Å². The van der Waals surface area contributed by atoms with Crippen LogP contribution in [-0.2, 0) is 4.79 Å². The zero-order valence-electron chi connectivity index (χ0n) is 12.6. The molecule has 0 saturated heterocycles. The number of hydrogen-bond donors (Lipinski definition) is 4. The number of aromatic hydroxyl groups is 3. The van der Waals surface area contributed by atoms with Gasteiger partial charge in [-0.25, -0.2) is 4.79 Å². The molecule has 0 atom stereocenters. The van der Waals surface area contributed by atoms with Crippen LogP contribution >= 0.6 is 0 Å². The molecule has 0 bridgehead atoms. The minimum Gasteiger partial charge on any atom is -0.508 e. The van der Waals surface area contributed by atoms with E-state index in [1.807, 2.05) is 0 Å². The second kappa shape index (κ2) is 6.04. The van der Waals surface area contributed by atoms with E-state index in [-0.39, 0.29) is 28.0 Å². The highest BCUT2D eigenvalue weighted by atomic mass is 16.4. The van der Waals surface area contributed by atoms with Crippen molar-refractivity contribution in [2.75, 3.05) is 0 Å². The molecule has 1 heterocycles. The molecular formula is C18H12O7. The SMILES string of the molecule is O=C(O)/C=C/c1c(O)cc(O)c2c(=O)cc(-c3ccc(O)cc3)oc12. The molecule has 0 unspecified atom stereocenters. The van der Waals surface area contributed by atoms with Gasteiger partial charge >= 0.3 is 5.97 Å². The lowest BCUT2D eigenvalue weighted by molar-refractivity contribution is -0.131. The number of carbonyl (C=O) groups is 1. The van der Waals surface area contributed by atoms with Gasteiger partial charge in [-0.15, -0.1) is 0 Å². The number of carboxylic acid groups (broad SMARTS) is 1. The van der Waals surface area contributed by atoms with Crippen molar-refractivity contribution in [1.29, 1.82) is 0 Å². The maximum Gasteiger partial charge on any atom is 0.328 e. The number of fused-ring (bicyclic) bond motifs is 1. The van der Waals surface area contributed by atoms with Gasteiger partial charge in [-0.05, 0) is 30.3 Å². The summed E-state index contributed by atoms with van der Waals surface area (Å²) in [6.07, 6.45) is 1.85. The Balaban J connectivity index is 2.34. The summed E-state index contributed by atoms with van der Waals surface area (Å²) < 4.78 is 5.65. The average molecular weight is 340 g/mol. The molecule has 25 heavy (non-hydrogen) atoms. The number of rotatable bonds is 3. The molecule has 0 aliphatic carbocycles. The molecule has 0 aliphatic rings. The lowest BCUT2D eigenvalue weighted by atomic mass is 10.1. The Hall–Kier alpha value is -3.74. The van der Waals surface area contributed by atoms with Crippen molar-refractivity contribution in [3.05, 3.63) is 58.3 Å². The molecule has 0 fully saturated rings. The van der Waals surface area contributed by atoms with Gasteiger partial charge in [0.05, 0.1) is 5.56 Å². The normalized spacial score (nSPS) is 11.2. The maximum atomic E-state index is 12.4. The van der Waals surface area contributed by atoms with Gasteiger partial charge in [0.25, 0.3) is 0 Å². The molecule has 3 aromatic rings. The first-order valence-corrected chi connectivity index (χ1v) is 7.10. The Morgan fingerprint density at radius 2 is 1.68 bits per heavy atom. The van der Waals surface area contributed by atoms with Crippen LogP contribution < -0.4 is 5.43 Å². The Morgan fingerprint density at radius 1 is 1.00 bits per heavy atom. The summed E-state index contributed by atoms with van der Waals surface area (Å²) in [5, 5.41) is 37.9. The number of carboxylic acids is 1. The smallest absolute Gasteiger partial charge is 0.328 e. The molecule has 7 heteroatoms. The zero-order chi connectivity index (χ0) is 18.1. The van der Waals surface area contributed by atoms with Crippen molar-refractivity contribution in [2.24, 2.45) is 0 Å². The topological polar surface area (TPSA) is 128 Å². The van der Waals surface area contributed by atoms with E-state index in [9.17, 15) is 24.9 Å². The van der Waals surface area contributed by atoms with Crippen LogP contribution in [0.1, 0.15) is 5.56 Å². The van der Waals surface area contributed by atoms with E-state index in [4.69, 9.17) is 9.52 Å².